The predicted octanol–water partition coefficient (Wildman–Crippen LogP) is 3.52. The van der Waals surface area contributed by atoms with E-state index in [2.05, 4.69) is 15.5 Å². The first kappa shape index (κ1) is 17.7. The van der Waals surface area contributed by atoms with Crippen LogP contribution in [0.25, 0.3) is 11.4 Å². The summed E-state index contributed by atoms with van der Waals surface area (Å²) in [6.07, 6.45) is 1.02. The molecule has 1 amide bonds. The van der Waals surface area contributed by atoms with Crippen molar-refractivity contribution in [2.24, 2.45) is 0 Å². The highest BCUT2D eigenvalue weighted by atomic mass is 16.5. The highest BCUT2D eigenvalue weighted by Gasteiger charge is 2.09. The maximum Gasteiger partial charge on any atom is 0.246 e. The van der Waals surface area contributed by atoms with Gasteiger partial charge in [0.05, 0.1) is 13.2 Å². The van der Waals surface area contributed by atoms with Gasteiger partial charge in [-0.3, -0.25) is 4.79 Å². The molecule has 3 rings (SSSR count). The Balaban J connectivity index is 1.38. The number of ether oxygens (including phenoxy) is 1. The summed E-state index contributed by atoms with van der Waals surface area (Å²) in [5.74, 6) is 1.64. The lowest BCUT2D eigenvalue weighted by atomic mass is 10.1. The third kappa shape index (κ3) is 5.17. The van der Waals surface area contributed by atoms with Crippen LogP contribution in [0.2, 0.25) is 0 Å². The van der Waals surface area contributed by atoms with Crippen molar-refractivity contribution >= 4 is 5.91 Å². The minimum absolute atomic E-state index is 0.0725. The van der Waals surface area contributed by atoms with Gasteiger partial charge in [0.1, 0.15) is 5.75 Å². The minimum Gasteiger partial charge on any atom is -0.494 e. The third-order valence-corrected chi connectivity index (χ3v) is 3.77. The zero-order valence-electron chi connectivity index (χ0n) is 14.6. The molecule has 0 spiro atoms. The van der Waals surface area contributed by atoms with Crippen LogP contribution in [-0.2, 0) is 11.3 Å². The molecule has 2 aromatic carbocycles. The van der Waals surface area contributed by atoms with Gasteiger partial charge in [0, 0.05) is 12.0 Å². The van der Waals surface area contributed by atoms with Crippen LogP contribution >= 0.6 is 0 Å². The molecule has 0 saturated carbocycles. The fourth-order valence-electron chi connectivity index (χ4n) is 2.35. The molecule has 26 heavy (non-hydrogen) atoms. The van der Waals surface area contributed by atoms with Gasteiger partial charge in [0.15, 0.2) is 0 Å². The van der Waals surface area contributed by atoms with Crippen molar-refractivity contribution in [1.29, 1.82) is 0 Å². The van der Waals surface area contributed by atoms with Crippen molar-refractivity contribution < 1.29 is 14.1 Å². The van der Waals surface area contributed by atoms with Crippen molar-refractivity contribution in [2.75, 3.05) is 6.61 Å². The average molecular weight is 351 g/mol. The molecule has 0 aliphatic carbocycles. The van der Waals surface area contributed by atoms with Crippen molar-refractivity contribution in [2.45, 2.75) is 26.3 Å². The fourth-order valence-corrected chi connectivity index (χ4v) is 2.35. The second kappa shape index (κ2) is 8.80. The number of para-hydroxylation sites is 1. The first-order valence-corrected chi connectivity index (χ1v) is 8.55. The van der Waals surface area contributed by atoms with Gasteiger partial charge in [-0.05, 0) is 25.5 Å². The van der Waals surface area contributed by atoms with Gasteiger partial charge in [0.25, 0.3) is 0 Å². The number of nitrogens with one attached hydrogen (secondary N) is 1. The number of benzene rings is 2. The Kier molecular flexibility index (Phi) is 5.98. The van der Waals surface area contributed by atoms with Crippen molar-refractivity contribution in [3.05, 3.63) is 66.1 Å². The molecular weight excluding hydrogens is 330 g/mol. The Morgan fingerprint density at radius 2 is 1.88 bits per heavy atom. The van der Waals surface area contributed by atoms with E-state index in [0.29, 0.717) is 31.2 Å². The number of hydrogen-bond acceptors (Lipinski definition) is 5. The van der Waals surface area contributed by atoms with Crippen molar-refractivity contribution in [3.63, 3.8) is 0 Å². The Bertz CT molecular complexity index is 829. The van der Waals surface area contributed by atoms with Gasteiger partial charge in [-0.25, -0.2) is 0 Å². The zero-order chi connectivity index (χ0) is 18.2. The molecule has 134 valence electrons. The number of carbonyl (C=O) groups is 1. The highest BCUT2D eigenvalue weighted by Crippen LogP contribution is 2.16. The summed E-state index contributed by atoms with van der Waals surface area (Å²) in [7, 11) is 0. The summed E-state index contributed by atoms with van der Waals surface area (Å²) in [5, 5.41) is 6.73. The van der Waals surface area contributed by atoms with Crippen LogP contribution in [-0.4, -0.2) is 22.7 Å². The average Bonchev–Trinajstić information content (AvgIpc) is 3.14. The lowest BCUT2D eigenvalue weighted by molar-refractivity contribution is -0.121. The van der Waals surface area contributed by atoms with E-state index in [-0.39, 0.29) is 12.5 Å². The van der Waals surface area contributed by atoms with Crippen LogP contribution in [0.3, 0.4) is 0 Å². The topological polar surface area (TPSA) is 77.2 Å². The molecule has 1 aromatic heterocycles. The molecule has 0 fully saturated rings. The van der Waals surface area contributed by atoms with E-state index in [0.717, 1.165) is 11.3 Å². The lowest BCUT2D eigenvalue weighted by Crippen LogP contribution is -2.23. The van der Waals surface area contributed by atoms with Crippen LogP contribution in [0.1, 0.15) is 24.3 Å². The predicted molar refractivity (Wildman–Crippen MR) is 97.5 cm³/mol. The number of amides is 1. The Hall–Kier alpha value is -3.15. The molecule has 0 radical (unpaired) electrons. The Labute approximate surface area is 152 Å². The first-order valence-electron chi connectivity index (χ1n) is 8.55. The van der Waals surface area contributed by atoms with E-state index in [4.69, 9.17) is 9.26 Å². The summed E-state index contributed by atoms with van der Waals surface area (Å²) < 4.78 is 10.7. The molecule has 0 saturated heterocycles. The van der Waals surface area contributed by atoms with Gasteiger partial charge in [0.2, 0.25) is 17.6 Å². The van der Waals surface area contributed by atoms with E-state index in [1.165, 1.54) is 5.56 Å². The number of aryl methyl sites for hydroxylation is 1. The number of rotatable bonds is 8. The zero-order valence-corrected chi connectivity index (χ0v) is 14.6. The maximum absolute atomic E-state index is 11.9. The van der Waals surface area contributed by atoms with Gasteiger partial charge < -0.3 is 14.6 Å². The van der Waals surface area contributed by atoms with E-state index in [1.54, 1.807) is 0 Å². The Morgan fingerprint density at radius 1 is 1.12 bits per heavy atom. The smallest absolute Gasteiger partial charge is 0.246 e. The standard InChI is InChI=1S/C20H21N3O3/c1-15-9-11-16(12-10-15)20-22-19(26-23-20)14-21-18(24)8-5-13-25-17-6-3-2-4-7-17/h2-4,6-7,9-12H,5,8,13-14H2,1H3,(H,21,24). The molecule has 0 bridgehead atoms. The van der Waals surface area contributed by atoms with Gasteiger partial charge in [-0.1, -0.05) is 53.2 Å². The number of nitrogens with zero attached hydrogens (tertiary/aromatic N) is 2. The van der Waals surface area contributed by atoms with Crippen LogP contribution in [0.4, 0.5) is 0 Å². The number of hydrogen-bond donors (Lipinski definition) is 1. The second-order valence-electron chi connectivity index (χ2n) is 5.92. The SMILES string of the molecule is Cc1ccc(-c2noc(CNC(=O)CCCOc3ccccc3)n2)cc1. The highest BCUT2D eigenvalue weighted by molar-refractivity contribution is 5.75. The summed E-state index contributed by atoms with van der Waals surface area (Å²) >= 11 is 0. The molecule has 0 unspecified atom stereocenters. The number of aromatic nitrogens is 2. The molecule has 0 aliphatic heterocycles. The van der Waals surface area contributed by atoms with Crippen LogP contribution in [0, 0.1) is 6.92 Å². The lowest BCUT2D eigenvalue weighted by Gasteiger charge is -2.05. The molecule has 6 nitrogen and oxygen atoms in total. The normalized spacial score (nSPS) is 10.5. The Morgan fingerprint density at radius 3 is 2.65 bits per heavy atom. The molecule has 3 aromatic rings. The first-order chi connectivity index (χ1) is 12.7. The number of carbonyl (C=O) groups excluding carboxylic acids is 1. The van der Waals surface area contributed by atoms with E-state index in [1.807, 2.05) is 61.5 Å². The fraction of sp³-hybridized carbons (Fsp3) is 0.250. The van der Waals surface area contributed by atoms with Crippen LogP contribution < -0.4 is 10.1 Å². The minimum atomic E-state index is -0.0725. The van der Waals surface area contributed by atoms with E-state index >= 15 is 0 Å². The monoisotopic (exact) mass is 351 g/mol. The summed E-state index contributed by atoms with van der Waals surface area (Å²) in [6.45, 7) is 2.73. The quantitative estimate of drug-likeness (QED) is 0.628. The summed E-state index contributed by atoms with van der Waals surface area (Å²) in [4.78, 5) is 16.2. The van der Waals surface area contributed by atoms with Crippen LogP contribution in [0.5, 0.6) is 5.75 Å². The summed E-state index contributed by atoms with van der Waals surface area (Å²) in [6, 6.07) is 17.4. The molecule has 0 atom stereocenters. The molecular formula is C20H21N3O3. The van der Waals surface area contributed by atoms with Gasteiger partial charge in [-0.15, -0.1) is 0 Å². The third-order valence-electron chi connectivity index (χ3n) is 3.77. The van der Waals surface area contributed by atoms with Crippen molar-refractivity contribution in [3.8, 4) is 17.1 Å². The molecule has 6 heteroatoms. The summed E-state index contributed by atoms with van der Waals surface area (Å²) in [5.41, 5.74) is 2.05. The largest absolute Gasteiger partial charge is 0.494 e. The van der Waals surface area contributed by atoms with E-state index in [9.17, 15) is 4.79 Å². The van der Waals surface area contributed by atoms with Crippen molar-refractivity contribution in [1.82, 2.24) is 15.5 Å². The van der Waals surface area contributed by atoms with Crippen LogP contribution in [0.15, 0.2) is 59.1 Å². The molecule has 1 N–H and O–H groups in total. The maximum atomic E-state index is 11.9. The van der Waals surface area contributed by atoms with Gasteiger partial charge in [-0.2, -0.15) is 4.98 Å². The molecule has 0 aliphatic rings. The van der Waals surface area contributed by atoms with E-state index < -0.39 is 0 Å². The second-order valence-corrected chi connectivity index (χ2v) is 5.92. The molecule has 1 heterocycles. The van der Waals surface area contributed by atoms with Gasteiger partial charge >= 0.3 is 0 Å².